The van der Waals surface area contributed by atoms with Crippen molar-refractivity contribution in [1.29, 1.82) is 0 Å². The van der Waals surface area contributed by atoms with Gasteiger partial charge < -0.3 is 1.43 Å². The summed E-state index contributed by atoms with van der Waals surface area (Å²) in [7, 11) is 0. The summed E-state index contributed by atoms with van der Waals surface area (Å²) in [5, 5.41) is 4.00. The minimum atomic E-state index is -0.315. The minimum absolute atomic E-state index is 0. The molecule has 0 aliphatic carbocycles. The first-order valence-electron chi connectivity index (χ1n) is 4.65. The van der Waals surface area contributed by atoms with Crippen molar-refractivity contribution in [3.05, 3.63) is 47.5 Å². The van der Waals surface area contributed by atoms with E-state index in [0.717, 1.165) is 10.8 Å². The fourth-order valence-corrected chi connectivity index (χ4v) is 1.96. The van der Waals surface area contributed by atoms with Gasteiger partial charge in [-0.25, -0.2) is 0 Å². The first-order chi connectivity index (χ1) is 7.27. The van der Waals surface area contributed by atoms with E-state index in [4.69, 9.17) is 0 Å². The molecule has 3 nitrogen and oxygen atoms in total. The van der Waals surface area contributed by atoms with Crippen LogP contribution in [0.15, 0.2) is 36.4 Å². The molecular formula is C12H8KNO2. The monoisotopic (exact) mass is 237 g/mol. The van der Waals surface area contributed by atoms with Crippen LogP contribution >= 0.6 is 0 Å². The van der Waals surface area contributed by atoms with Gasteiger partial charge in [0.25, 0.3) is 11.8 Å². The molecule has 1 heterocycles. The Morgan fingerprint density at radius 3 is 1.88 bits per heavy atom. The number of carbonyl (C=O) groups excluding carboxylic acids is 2. The van der Waals surface area contributed by atoms with Gasteiger partial charge in [0.15, 0.2) is 0 Å². The maximum absolute atomic E-state index is 11.6. The Kier molecular flexibility index (Phi) is 3.28. The van der Waals surface area contributed by atoms with Crippen molar-refractivity contribution >= 4 is 22.6 Å². The van der Waals surface area contributed by atoms with Crippen LogP contribution in [0.5, 0.6) is 0 Å². The number of benzene rings is 2. The Morgan fingerprint density at radius 2 is 1.38 bits per heavy atom. The van der Waals surface area contributed by atoms with Crippen LogP contribution < -0.4 is 56.7 Å². The molecule has 2 amide bonds. The van der Waals surface area contributed by atoms with Crippen molar-refractivity contribution in [3.8, 4) is 0 Å². The van der Waals surface area contributed by atoms with E-state index in [1.165, 1.54) is 0 Å². The molecule has 0 fully saturated rings. The molecule has 0 radical (unpaired) electrons. The van der Waals surface area contributed by atoms with Gasteiger partial charge in [-0.2, -0.15) is 0 Å². The molecule has 1 N–H and O–H groups in total. The zero-order valence-electron chi connectivity index (χ0n) is 9.78. The van der Waals surface area contributed by atoms with Crippen molar-refractivity contribution in [2.75, 3.05) is 0 Å². The third kappa shape index (κ3) is 1.67. The van der Waals surface area contributed by atoms with Crippen LogP contribution in [0, 0.1) is 0 Å². The van der Waals surface area contributed by atoms with E-state index in [9.17, 15) is 9.59 Å². The Labute approximate surface area is 136 Å². The maximum atomic E-state index is 11.6. The van der Waals surface area contributed by atoms with E-state index in [2.05, 4.69) is 5.32 Å². The molecule has 1 aliphatic rings. The average molecular weight is 237 g/mol. The second-order valence-corrected chi connectivity index (χ2v) is 3.49. The molecule has 0 aromatic heterocycles. The van der Waals surface area contributed by atoms with Crippen molar-refractivity contribution in [3.63, 3.8) is 0 Å². The van der Waals surface area contributed by atoms with Crippen LogP contribution in [0.25, 0.3) is 10.8 Å². The van der Waals surface area contributed by atoms with Crippen molar-refractivity contribution < 1.29 is 62.4 Å². The fraction of sp³-hybridized carbons (Fsp3) is 0. The number of hydrogen-bond acceptors (Lipinski definition) is 2. The maximum Gasteiger partial charge on any atom is 1.00 e. The number of rotatable bonds is 0. The zero-order valence-corrected chi connectivity index (χ0v) is 11.9. The number of amides is 2. The van der Waals surface area contributed by atoms with Crippen LogP contribution in [0.4, 0.5) is 0 Å². The molecule has 0 bridgehead atoms. The van der Waals surface area contributed by atoms with Gasteiger partial charge in [0, 0.05) is 16.5 Å². The van der Waals surface area contributed by atoms with E-state index in [-0.39, 0.29) is 64.6 Å². The molecule has 0 saturated carbocycles. The van der Waals surface area contributed by atoms with Gasteiger partial charge in [0.1, 0.15) is 0 Å². The zero-order chi connectivity index (χ0) is 10.4. The summed E-state index contributed by atoms with van der Waals surface area (Å²) in [5.41, 5.74) is 1.14. The molecule has 3 rings (SSSR count). The molecule has 4 heteroatoms. The smallest absolute Gasteiger partial charge is 1.00 e. The van der Waals surface area contributed by atoms with Gasteiger partial charge in [0.05, 0.1) is 0 Å². The van der Waals surface area contributed by atoms with E-state index in [1.54, 1.807) is 12.1 Å². The normalized spacial score (nSPS) is 13.2. The van der Waals surface area contributed by atoms with Crippen LogP contribution in [-0.2, 0) is 0 Å². The van der Waals surface area contributed by atoms with Gasteiger partial charge in [0.2, 0.25) is 0 Å². The Bertz CT molecular complexity index is 564. The molecular weight excluding hydrogens is 229 g/mol. The van der Waals surface area contributed by atoms with Crippen molar-refractivity contribution in [2.24, 2.45) is 0 Å². The quantitative estimate of drug-likeness (QED) is 0.464. The third-order valence-corrected chi connectivity index (χ3v) is 2.62. The molecule has 2 aromatic rings. The molecule has 0 unspecified atom stereocenters. The topological polar surface area (TPSA) is 46.2 Å². The molecule has 74 valence electrons. The van der Waals surface area contributed by atoms with Gasteiger partial charge >= 0.3 is 51.4 Å². The molecule has 2 aromatic carbocycles. The van der Waals surface area contributed by atoms with E-state index in [1.807, 2.05) is 24.3 Å². The SMILES string of the molecule is O=C1NC(=O)c2cccc3cccc1c23.[H-].[K+]. The minimum Gasteiger partial charge on any atom is -1.00 e. The average Bonchev–Trinajstić information content (AvgIpc) is 2.25. The second kappa shape index (κ2) is 4.39. The van der Waals surface area contributed by atoms with E-state index in [0.29, 0.717) is 11.1 Å². The Hall–Kier alpha value is -0.524. The van der Waals surface area contributed by atoms with Gasteiger partial charge in [-0.3, -0.25) is 14.9 Å². The van der Waals surface area contributed by atoms with E-state index < -0.39 is 0 Å². The molecule has 0 spiro atoms. The first-order valence-corrected chi connectivity index (χ1v) is 4.65. The van der Waals surface area contributed by atoms with Crippen LogP contribution in [-0.4, -0.2) is 11.8 Å². The number of nitrogens with one attached hydrogen (secondary N) is 1. The summed E-state index contributed by atoms with van der Waals surface area (Å²) < 4.78 is 0. The predicted octanol–water partition coefficient (Wildman–Crippen LogP) is -1.16. The predicted molar refractivity (Wildman–Crippen MR) is 56.9 cm³/mol. The Morgan fingerprint density at radius 1 is 0.875 bits per heavy atom. The summed E-state index contributed by atoms with van der Waals surface area (Å²) in [6.07, 6.45) is 0. The Balaban J connectivity index is 0.000000722. The summed E-state index contributed by atoms with van der Waals surface area (Å²) in [6.45, 7) is 0. The number of hydrogen-bond donors (Lipinski definition) is 1. The first kappa shape index (κ1) is 11.9. The number of imide groups is 1. The van der Waals surface area contributed by atoms with Crippen LogP contribution in [0.1, 0.15) is 22.1 Å². The van der Waals surface area contributed by atoms with Crippen molar-refractivity contribution in [2.45, 2.75) is 0 Å². The number of carbonyl (C=O) groups is 2. The van der Waals surface area contributed by atoms with E-state index >= 15 is 0 Å². The van der Waals surface area contributed by atoms with Gasteiger partial charge in [-0.15, -0.1) is 0 Å². The summed E-state index contributed by atoms with van der Waals surface area (Å²) >= 11 is 0. The van der Waals surface area contributed by atoms with Crippen molar-refractivity contribution in [1.82, 2.24) is 5.32 Å². The van der Waals surface area contributed by atoms with Crippen LogP contribution in [0.2, 0.25) is 0 Å². The molecule has 16 heavy (non-hydrogen) atoms. The van der Waals surface area contributed by atoms with Crippen LogP contribution in [0.3, 0.4) is 0 Å². The summed E-state index contributed by atoms with van der Waals surface area (Å²) in [6, 6.07) is 10.9. The largest absolute Gasteiger partial charge is 1.00 e. The summed E-state index contributed by atoms with van der Waals surface area (Å²) in [4.78, 5) is 23.1. The van der Waals surface area contributed by atoms with Gasteiger partial charge in [-0.05, 0) is 17.5 Å². The molecule has 0 saturated heterocycles. The second-order valence-electron chi connectivity index (χ2n) is 3.49. The van der Waals surface area contributed by atoms with Gasteiger partial charge in [-0.1, -0.05) is 24.3 Å². The fourth-order valence-electron chi connectivity index (χ4n) is 1.96. The summed E-state index contributed by atoms with van der Waals surface area (Å²) in [5.74, 6) is -0.631. The standard InChI is InChI=1S/C12H7NO2.K.H/c14-11-8-5-1-3-7-4-2-6-9(10(7)8)12(15)13-11;;/h1-6H,(H,13,14,15);;/q;+1;-1. The molecule has 1 aliphatic heterocycles. The third-order valence-electron chi connectivity index (χ3n) is 2.62. The molecule has 0 atom stereocenters.